The normalized spacial score (nSPS) is 30.3. The molecule has 0 aromatic carbocycles. The standard InChI is InChI=1S/C15H29N3O/c1-4-18-9-7-14(8-10-18)17(3)15(19)13-6-5-12(2)16-11-13/h12-14,16H,4-11H2,1-3H3. The lowest BCUT2D eigenvalue weighted by molar-refractivity contribution is -0.137. The minimum atomic E-state index is 0.199. The van der Waals surface area contributed by atoms with Gasteiger partial charge >= 0.3 is 0 Å². The Morgan fingerprint density at radius 1 is 1.26 bits per heavy atom. The second kappa shape index (κ2) is 6.71. The predicted molar refractivity (Wildman–Crippen MR) is 78.1 cm³/mol. The molecule has 2 aliphatic rings. The number of carbonyl (C=O) groups excluding carboxylic acids is 1. The van der Waals surface area contributed by atoms with Crippen LogP contribution in [0, 0.1) is 5.92 Å². The highest BCUT2D eigenvalue weighted by molar-refractivity contribution is 5.79. The van der Waals surface area contributed by atoms with Gasteiger partial charge in [-0.2, -0.15) is 0 Å². The summed E-state index contributed by atoms with van der Waals surface area (Å²) in [4.78, 5) is 17.0. The lowest BCUT2D eigenvalue weighted by atomic mass is 9.93. The van der Waals surface area contributed by atoms with Crippen LogP contribution in [0.3, 0.4) is 0 Å². The van der Waals surface area contributed by atoms with Gasteiger partial charge in [-0.05, 0) is 39.2 Å². The van der Waals surface area contributed by atoms with E-state index in [2.05, 4.69) is 24.1 Å². The van der Waals surface area contributed by atoms with Crippen LogP contribution < -0.4 is 5.32 Å². The van der Waals surface area contributed by atoms with Gasteiger partial charge in [0, 0.05) is 38.8 Å². The number of rotatable bonds is 3. The molecule has 4 heteroatoms. The van der Waals surface area contributed by atoms with Gasteiger partial charge in [-0.1, -0.05) is 6.92 Å². The van der Waals surface area contributed by atoms with E-state index in [0.717, 1.165) is 51.9 Å². The summed E-state index contributed by atoms with van der Waals surface area (Å²) in [5.41, 5.74) is 0. The fourth-order valence-electron chi connectivity index (χ4n) is 3.30. The molecule has 19 heavy (non-hydrogen) atoms. The van der Waals surface area contributed by atoms with E-state index in [9.17, 15) is 4.79 Å². The molecule has 4 nitrogen and oxygen atoms in total. The van der Waals surface area contributed by atoms with E-state index in [1.807, 2.05) is 11.9 Å². The van der Waals surface area contributed by atoms with E-state index in [0.29, 0.717) is 18.0 Å². The van der Waals surface area contributed by atoms with E-state index >= 15 is 0 Å². The highest BCUT2D eigenvalue weighted by Gasteiger charge is 2.31. The number of likely N-dealkylation sites (tertiary alicyclic amines) is 1. The molecular formula is C15H29N3O. The topological polar surface area (TPSA) is 35.6 Å². The van der Waals surface area contributed by atoms with Gasteiger partial charge in [0.2, 0.25) is 5.91 Å². The first-order chi connectivity index (χ1) is 9.11. The van der Waals surface area contributed by atoms with Crippen LogP contribution >= 0.6 is 0 Å². The van der Waals surface area contributed by atoms with Crippen molar-refractivity contribution >= 4 is 5.91 Å². The Morgan fingerprint density at radius 2 is 1.95 bits per heavy atom. The van der Waals surface area contributed by atoms with E-state index in [1.54, 1.807) is 0 Å². The molecular weight excluding hydrogens is 238 g/mol. The van der Waals surface area contributed by atoms with Gasteiger partial charge < -0.3 is 15.1 Å². The number of piperidine rings is 2. The summed E-state index contributed by atoms with van der Waals surface area (Å²) in [5.74, 6) is 0.555. The van der Waals surface area contributed by atoms with E-state index < -0.39 is 0 Å². The molecule has 0 aliphatic carbocycles. The number of nitrogens with zero attached hydrogens (tertiary/aromatic N) is 2. The largest absolute Gasteiger partial charge is 0.342 e. The molecule has 0 saturated carbocycles. The average Bonchev–Trinajstić information content (AvgIpc) is 2.46. The minimum Gasteiger partial charge on any atom is -0.342 e. The lowest BCUT2D eigenvalue weighted by Crippen LogP contribution is -2.50. The van der Waals surface area contributed by atoms with Gasteiger partial charge in [-0.3, -0.25) is 4.79 Å². The quantitative estimate of drug-likeness (QED) is 0.837. The molecule has 0 bridgehead atoms. The average molecular weight is 267 g/mol. The molecule has 110 valence electrons. The summed E-state index contributed by atoms with van der Waals surface area (Å²) < 4.78 is 0. The third-order valence-electron chi connectivity index (χ3n) is 4.91. The fourth-order valence-corrected chi connectivity index (χ4v) is 3.30. The molecule has 0 radical (unpaired) electrons. The van der Waals surface area contributed by atoms with Crippen LogP contribution in [0.15, 0.2) is 0 Å². The second-order valence-electron chi connectivity index (χ2n) is 6.20. The van der Waals surface area contributed by atoms with Gasteiger partial charge in [0.1, 0.15) is 0 Å². The molecule has 0 aromatic rings. The smallest absolute Gasteiger partial charge is 0.226 e. The molecule has 2 atom stereocenters. The van der Waals surface area contributed by atoms with Crippen LogP contribution in [-0.4, -0.2) is 61.0 Å². The van der Waals surface area contributed by atoms with Crippen LogP contribution in [-0.2, 0) is 4.79 Å². The van der Waals surface area contributed by atoms with Gasteiger partial charge in [0.15, 0.2) is 0 Å². The Balaban J connectivity index is 1.82. The highest BCUT2D eigenvalue weighted by Crippen LogP contribution is 2.21. The molecule has 2 unspecified atom stereocenters. The Bertz CT molecular complexity index is 292. The second-order valence-corrected chi connectivity index (χ2v) is 6.20. The maximum Gasteiger partial charge on any atom is 0.226 e. The third-order valence-corrected chi connectivity index (χ3v) is 4.91. The van der Waals surface area contributed by atoms with E-state index in [4.69, 9.17) is 0 Å². The van der Waals surface area contributed by atoms with Crippen LogP contribution in [0.25, 0.3) is 0 Å². The summed E-state index contributed by atoms with van der Waals surface area (Å²) in [7, 11) is 2.01. The highest BCUT2D eigenvalue weighted by atomic mass is 16.2. The molecule has 1 amide bonds. The van der Waals surface area contributed by atoms with Gasteiger partial charge in [-0.25, -0.2) is 0 Å². The van der Waals surface area contributed by atoms with Crippen molar-refractivity contribution in [2.45, 2.75) is 51.6 Å². The summed E-state index contributed by atoms with van der Waals surface area (Å²) in [6, 6.07) is 1.02. The van der Waals surface area contributed by atoms with E-state index in [-0.39, 0.29) is 5.92 Å². The van der Waals surface area contributed by atoms with Gasteiger partial charge in [-0.15, -0.1) is 0 Å². The molecule has 0 aromatic heterocycles. The lowest BCUT2D eigenvalue weighted by Gasteiger charge is -2.38. The van der Waals surface area contributed by atoms with Crippen LogP contribution in [0.4, 0.5) is 0 Å². The SMILES string of the molecule is CCN1CCC(N(C)C(=O)C2CCC(C)NC2)CC1. The fraction of sp³-hybridized carbons (Fsp3) is 0.933. The Labute approximate surface area is 117 Å². The summed E-state index contributed by atoms with van der Waals surface area (Å²) in [5, 5.41) is 3.43. The Kier molecular flexibility index (Phi) is 5.22. The first-order valence-corrected chi connectivity index (χ1v) is 7.84. The Hall–Kier alpha value is -0.610. The maximum absolute atomic E-state index is 12.5. The number of amides is 1. The van der Waals surface area contributed by atoms with Gasteiger partial charge in [0.25, 0.3) is 0 Å². The zero-order chi connectivity index (χ0) is 13.8. The van der Waals surface area contributed by atoms with Crippen molar-refractivity contribution in [3.8, 4) is 0 Å². The number of hydrogen-bond donors (Lipinski definition) is 1. The molecule has 2 saturated heterocycles. The van der Waals surface area contributed by atoms with Gasteiger partial charge in [0.05, 0.1) is 5.92 Å². The monoisotopic (exact) mass is 267 g/mol. The van der Waals surface area contributed by atoms with Crippen LogP contribution in [0.1, 0.15) is 39.5 Å². The number of hydrogen-bond acceptors (Lipinski definition) is 3. The number of carbonyl (C=O) groups is 1. The number of nitrogens with one attached hydrogen (secondary N) is 1. The first-order valence-electron chi connectivity index (χ1n) is 7.84. The summed E-state index contributed by atoms with van der Waals surface area (Å²) in [6.45, 7) is 8.68. The predicted octanol–water partition coefficient (Wildman–Crippen LogP) is 1.32. The molecule has 0 spiro atoms. The van der Waals surface area contributed by atoms with Crippen molar-refractivity contribution in [3.05, 3.63) is 0 Å². The molecule has 2 heterocycles. The van der Waals surface area contributed by atoms with Crippen LogP contribution in [0.5, 0.6) is 0 Å². The van der Waals surface area contributed by atoms with Crippen molar-refractivity contribution in [1.29, 1.82) is 0 Å². The molecule has 1 N–H and O–H groups in total. The third kappa shape index (κ3) is 3.69. The first kappa shape index (κ1) is 14.8. The minimum absolute atomic E-state index is 0.199. The molecule has 2 aliphatic heterocycles. The Morgan fingerprint density at radius 3 is 2.47 bits per heavy atom. The molecule has 2 rings (SSSR count). The van der Waals surface area contributed by atoms with Crippen LogP contribution in [0.2, 0.25) is 0 Å². The zero-order valence-electron chi connectivity index (χ0n) is 12.7. The zero-order valence-corrected chi connectivity index (χ0v) is 12.7. The van der Waals surface area contributed by atoms with Crippen molar-refractivity contribution < 1.29 is 4.79 Å². The van der Waals surface area contributed by atoms with E-state index in [1.165, 1.54) is 0 Å². The molecule has 2 fully saturated rings. The van der Waals surface area contributed by atoms with Crippen molar-refractivity contribution in [2.24, 2.45) is 5.92 Å². The summed E-state index contributed by atoms with van der Waals surface area (Å²) in [6.07, 6.45) is 4.43. The van der Waals surface area contributed by atoms with Crippen molar-refractivity contribution in [2.75, 3.05) is 33.2 Å². The summed E-state index contributed by atoms with van der Waals surface area (Å²) >= 11 is 0. The maximum atomic E-state index is 12.5. The van der Waals surface area contributed by atoms with Crippen molar-refractivity contribution in [3.63, 3.8) is 0 Å². The van der Waals surface area contributed by atoms with Crippen molar-refractivity contribution in [1.82, 2.24) is 15.1 Å².